The van der Waals surface area contributed by atoms with E-state index in [1.807, 2.05) is 42.5 Å². The van der Waals surface area contributed by atoms with Crippen LogP contribution < -0.4 is 16.2 Å². The molecule has 0 fully saturated rings. The number of fused-ring (bicyclic) bond motifs is 2. The van der Waals surface area contributed by atoms with Gasteiger partial charge >= 0.3 is 0 Å². The molecule has 2 aromatic carbocycles. The van der Waals surface area contributed by atoms with Gasteiger partial charge in [0.15, 0.2) is 5.76 Å². The van der Waals surface area contributed by atoms with E-state index < -0.39 is 11.9 Å². The molecule has 5 rings (SSSR count). The Bertz CT molecular complexity index is 1560. The number of carbonyl (C=O) groups excluding carboxylic acids is 2. The lowest BCUT2D eigenvalue weighted by Gasteiger charge is -2.20. The maximum absolute atomic E-state index is 13.3. The lowest BCUT2D eigenvalue weighted by molar-refractivity contribution is 0.0895. The van der Waals surface area contributed by atoms with Gasteiger partial charge in [0.25, 0.3) is 17.4 Å². The molecule has 0 spiro atoms. The van der Waals surface area contributed by atoms with Gasteiger partial charge in [-0.25, -0.2) is 0 Å². The standard InChI is InChI=1S/C26H20N4O4/c31-24-20-13-27-14-21(19(20)9-10-28-24)25(32)30-22(15-29-26(33)23-6-3-11-34-23)18-8-7-16-4-1-2-5-17(16)12-18/h1-14,22H,15H2,(H,28,31)(H,29,33)(H,30,32). The van der Waals surface area contributed by atoms with Crippen molar-refractivity contribution in [2.75, 3.05) is 6.54 Å². The first-order valence-corrected chi connectivity index (χ1v) is 10.7. The average Bonchev–Trinajstić information content (AvgIpc) is 3.41. The Hall–Kier alpha value is -4.72. The number of carbonyl (C=O) groups is 2. The van der Waals surface area contributed by atoms with Crippen LogP contribution in [0.5, 0.6) is 0 Å². The summed E-state index contributed by atoms with van der Waals surface area (Å²) in [6, 6.07) is 18.1. The van der Waals surface area contributed by atoms with Crippen LogP contribution in [0.3, 0.4) is 0 Å². The quantitative estimate of drug-likeness (QED) is 0.364. The highest BCUT2D eigenvalue weighted by Gasteiger charge is 2.20. The zero-order valence-electron chi connectivity index (χ0n) is 17.9. The van der Waals surface area contributed by atoms with Crippen molar-refractivity contribution in [3.05, 3.63) is 113 Å². The number of hydrogen-bond acceptors (Lipinski definition) is 5. The molecule has 0 bridgehead atoms. The van der Waals surface area contributed by atoms with Crippen LogP contribution in [0.25, 0.3) is 21.5 Å². The molecule has 5 aromatic rings. The number of aromatic amines is 1. The summed E-state index contributed by atoms with van der Waals surface area (Å²) in [5.41, 5.74) is 0.765. The predicted molar refractivity (Wildman–Crippen MR) is 128 cm³/mol. The van der Waals surface area contributed by atoms with Crippen molar-refractivity contribution >= 4 is 33.4 Å². The number of benzene rings is 2. The van der Waals surface area contributed by atoms with Crippen molar-refractivity contribution in [3.8, 4) is 0 Å². The minimum absolute atomic E-state index is 0.127. The molecule has 0 saturated heterocycles. The average molecular weight is 452 g/mol. The first kappa shape index (κ1) is 21.1. The van der Waals surface area contributed by atoms with E-state index in [0.717, 1.165) is 16.3 Å². The van der Waals surface area contributed by atoms with E-state index in [1.54, 1.807) is 18.2 Å². The Labute approximate surface area is 193 Å². The summed E-state index contributed by atoms with van der Waals surface area (Å²) in [6.45, 7) is 0.127. The number of furan rings is 1. The normalized spacial score (nSPS) is 11.9. The molecule has 8 nitrogen and oxygen atoms in total. The largest absolute Gasteiger partial charge is 0.459 e. The molecule has 0 aliphatic rings. The number of pyridine rings is 2. The van der Waals surface area contributed by atoms with E-state index in [1.165, 1.54) is 24.9 Å². The molecule has 2 amide bonds. The molecule has 3 aromatic heterocycles. The third kappa shape index (κ3) is 4.16. The molecular weight excluding hydrogens is 432 g/mol. The highest BCUT2D eigenvalue weighted by molar-refractivity contribution is 6.06. The van der Waals surface area contributed by atoms with Crippen LogP contribution in [0.4, 0.5) is 0 Å². The van der Waals surface area contributed by atoms with Crippen LogP contribution in [0.2, 0.25) is 0 Å². The molecule has 8 heteroatoms. The van der Waals surface area contributed by atoms with Gasteiger partial charge in [0.1, 0.15) is 0 Å². The molecular formula is C26H20N4O4. The Kier molecular flexibility index (Phi) is 5.61. The highest BCUT2D eigenvalue weighted by Crippen LogP contribution is 2.22. The summed E-state index contributed by atoms with van der Waals surface area (Å²) >= 11 is 0. The number of nitrogens with zero attached hydrogens (tertiary/aromatic N) is 1. The maximum atomic E-state index is 13.3. The Balaban J connectivity index is 1.47. The fraction of sp³-hybridized carbons (Fsp3) is 0.0769. The van der Waals surface area contributed by atoms with Gasteiger partial charge in [-0.15, -0.1) is 0 Å². The SMILES string of the molecule is O=C(NCC(NC(=O)c1cncc2c(=O)[nH]ccc12)c1ccc2ccccc2c1)c1ccco1. The summed E-state index contributed by atoms with van der Waals surface area (Å²) in [5, 5.41) is 8.70. The molecule has 34 heavy (non-hydrogen) atoms. The van der Waals surface area contributed by atoms with Gasteiger partial charge in [-0.05, 0) is 40.6 Å². The predicted octanol–water partition coefficient (Wildman–Crippen LogP) is 3.57. The Morgan fingerprint density at radius 3 is 2.62 bits per heavy atom. The fourth-order valence-corrected chi connectivity index (χ4v) is 3.89. The van der Waals surface area contributed by atoms with Gasteiger partial charge in [-0.1, -0.05) is 36.4 Å². The number of rotatable bonds is 6. The zero-order chi connectivity index (χ0) is 23.5. The summed E-state index contributed by atoms with van der Waals surface area (Å²) in [7, 11) is 0. The first-order chi connectivity index (χ1) is 16.6. The minimum Gasteiger partial charge on any atom is -0.459 e. The van der Waals surface area contributed by atoms with E-state index >= 15 is 0 Å². The first-order valence-electron chi connectivity index (χ1n) is 10.7. The second kappa shape index (κ2) is 9.03. The smallest absolute Gasteiger partial charge is 0.287 e. The van der Waals surface area contributed by atoms with Gasteiger partial charge in [-0.2, -0.15) is 0 Å². The number of hydrogen-bond donors (Lipinski definition) is 3. The molecule has 3 N–H and O–H groups in total. The summed E-state index contributed by atoms with van der Waals surface area (Å²) in [4.78, 5) is 44.5. The fourth-order valence-electron chi connectivity index (χ4n) is 3.89. The zero-order valence-corrected chi connectivity index (χ0v) is 17.9. The third-order valence-electron chi connectivity index (χ3n) is 5.63. The van der Waals surface area contributed by atoms with Crippen LogP contribution in [0.1, 0.15) is 32.5 Å². The monoisotopic (exact) mass is 452 g/mol. The summed E-state index contributed by atoms with van der Waals surface area (Å²) in [6.07, 6.45) is 5.77. The second-order valence-electron chi connectivity index (χ2n) is 7.78. The second-order valence-corrected chi connectivity index (χ2v) is 7.78. The van der Waals surface area contributed by atoms with Crippen LogP contribution in [0.15, 0.2) is 94.7 Å². The maximum Gasteiger partial charge on any atom is 0.287 e. The van der Waals surface area contributed by atoms with Gasteiger partial charge in [-0.3, -0.25) is 19.4 Å². The van der Waals surface area contributed by atoms with Crippen LogP contribution >= 0.6 is 0 Å². The van der Waals surface area contributed by atoms with Gasteiger partial charge in [0.2, 0.25) is 0 Å². The number of nitrogens with one attached hydrogen (secondary N) is 3. The van der Waals surface area contributed by atoms with Crippen molar-refractivity contribution in [1.82, 2.24) is 20.6 Å². The van der Waals surface area contributed by atoms with E-state index in [-0.39, 0.29) is 29.3 Å². The summed E-state index contributed by atoms with van der Waals surface area (Å²) < 4.78 is 5.16. The van der Waals surface area contributed by atoms with Crippen LogP contribution in [-0.2, 0) is 0 Å². The topological polar surface area (TPSA) is 117 Å². The van der Waals surface area contributed by atoms with Crippen molar-refractivity contribution in [2.45, 2.75) is 6.04 Å². The van der Waals surface area contributed by atoms with E-state index in [2.05, 4.69) is 20.6 Å². The number of H-pyrrole nitrogens is 1. The summed E-state index contributed by atoms with van der Waals surface area (Å²) in [5.74, 6) is -0.612. The van der Waals surface area contributed by atoms with Crippen LogP contribution in [0, 0.1) is 0 Å². The molecule has 1 unspecified atom stereocenters. The molecule has 0 radical (unpaired) electrons. The van der Waals surface area contributed by atoms with E-state index in [4.69, 9.17) is 4.42 Å². The van der Waals surface area contributed by atoms with Gasteiger partial charge in [0, 0.05) is 30.5 Å². The van der Waals surface area contributed by atoms with Crippen molar-refractivity contribution in [1.29, 1.82) is 0 Å². The lowest BCUT2D eigenvalue weighted by Crippen LogP contribution is -2.38. The van der Waals surface area contributed by atoms with Gasteiger partial charge < -0.3 is 20.0 Å². The number of amides is 2. The van der Waals surface area contributed by atoms with Crippen molar-refractivity contribution in [3.63, 3.8) is 0 Å². The van der Waals surface area contributed by atoms with Crippen molar-refractivity contribution < 1.29 is 14.0 Å². The van der Waals surface area contributed by atoms with E-state index in [9.17, 15) is 14.4 Å². The van der Waals surface area contributed by atoms with Crippen LogP contribution in [-0.4, -0.2) is 28.3 Å². The molecule has 0 saturated carbocycles. The third-order valence-corrected chi connectivity index (χ3v) is 5.63. The lowest BCUT2D eigenvalue weighted by atomic mass is 10.0. The molecule has 0 aliphatic carbocycles. The highest BCUT2D eigenvalue weighted by atomic mass is 16.3. The van der Waals surface area contributed by atoms with Crippen molar-refractivity contribution in [2.24, 2.45) is 0 Å². The van der Waals surface area contributed by atoms with Gasteiger partial charge in [0.05, 0.1) is 23.3 Å². The minimum atomic E-state index is -0.548. The molecule has 168 valence electrons. The van der Waals surface area contributed by atoms with E-state index in [0.29, 0.717) is 10.8 Å². The number of aromatic nitrogens is 2. The molecule has 0 aliphatic heterocycles. The Morgan fingerprint density at radius 1 is 0.941 bits per heavy atom. The Morgan fingerprint density at radius 2 is 1.79 bits per heavy atom. The molecule has 1 atom stereocenters. The molecule has 3 heterocycles.